The van der Waals surface area contributed by atoms with Crippen LogP contribution in [0, 0.1) is 5.82 Å². The van der Waals surface area contributed by atoms with Gasteiger partial charge in [-0.25, -0.2) is 9.18 Å². The highest BCUT2D eigenvalue weighted by molar-refractivity contribution is 6.55. The molecule has 1 heterocycles. The lowest BCUT2D eigenvalue weighted by Gasteiger charge is -2.32. The van der Waals surface area contributed by atoms with Gasteiger partial charge in [0.05, 0.1) is 30.5 Å². The molecule has 1 aliphatic rings. The summed E-state index contributed by atoms with van der Waals surface area (Å²) < 4.78 is 30.1. The maximum Gasteiger partial charge on any atom is 0.492 e. The SMILES string of the molecule is COC(=O)c1cc(C=C(CO)B2OC(C)(C)C(C)(C)O2)ccc1F. The van der Waals surface area contributed by atoms with Gasteiger partial charge >= 0.3 is 13.1 Å². The van der Waals surface area contributed by atoms with Crippen LogP contribution in [0.15, 0.2) is 23.7 Å². The molecule has 1 aromatic carbocycles. The number of esters is 1. The van der Waals surface area contributed by atoms with E-state index in [0.29, 0.717) is 11.0 Å². The summed E-state index contributed by atoms with van der Waals surface area (Å²) in [4.78, 5) is 11.6. The number of halogens is 1. The second-order valence-electron chi connectivity index (χ2n) is 6.70. The molecular weight excluding hydrogens is 314 g/mol. The number of hydrogen-bond donors (Lipinski definition) is 1. The first-order valence-corrected chi connectivity index (χ1v) is 7.66. The molecule has 5 nitrogen and oxygen atoms in total. The first kappa shape index (κ1) is 18.6. The van der Waals surface area contributed by atoms with Crippen LogP contribution in [0.25, 0.3) is 6.08 Å². The summed E-state index contributed by atoms with van der Waals surface area (Å²) in [5.41, 5.74) is -0.221. The monoisotopic (exact) mass is 336 g/mol. The van der Waals surface area contributed by atoms with Gasteiger partial charge < -0.3 is 19.2 Å². The molecule has 0 amide bonds. The fraction of sp³-hybridized carbons (Fsp3) is 0.471. The average Bonchev–Trinajstić information content (AvgIpc) is 2.73. The minimum absolute atomic E-state index is 0.169. The standard InChI is InChI=1S/C17H22BFO5/c1-16(2)17(3,4)24-18(23-16)12(10-20)8-11-6-7-14(19)13(9-11)15(21)22-5/h6-9,20H,10H2,1-5H3. The molecule has 0 atom stereocenters. The molecular formula is C17H22BFO5. The maximum absolute atomic E-state index is 13.7. The number of benzene rings is 1. The molecule has 1 fully saturated rings. The van der Waals surface area contributed by atoms with E-state index in [9.17, 15) is 14.3 Å². The van der Waals surface area contributed by atoms with Gasteiger partial charge in [0.2, 0.25) is 0 Å². The van der Waals surface area contributed by atoms with Gasteiger partial charge in [-0.05, 0) is 50.9 Å². The van der Waals surface area contributed by atoms with Crippen LogP contribution >= 0.6 is 0 Å². The van der Waals surface area contributed by atoms with E-state index in [2.05, 4.69) is 4.74 Å². The summed E-state index contributed by atoms with van der Waals surface area (Å²) in [6, 6.07) is 4.04. The Hall–Kier alpha value is -1.70. The molecule has 1 aliphatic heterocycles. The van der Waals surface area contributed by atoms with Crippen molar-refractivity contribution in [3.05, 3.63) is 40.6 Å². The van der Waals surface area contributed by atoms with E-state index in [4.69, 9.17) is 9.31 Å². The van der Waals surface area contributed by atoms with Gasteiger partial charge in [-0.3, -0.25) is 0 Å². The lowest BCUT2D eigenvalue weighted by atomic mass is 9.77. The van der Waals surface area contributed by atoms with Gasteiger partial charge in [0.15, 0.2) is 0 Å². The van der Waals surface area contributed by atoms with Gasteiger partial charge in [0.1, 0.15) is 5.82 Å². The molecule has 130 valence electrons. The van der Waals surface area contributed by atoms with E-state index in [-0.39, 0.29) is 12.2 Å². The van der Waals surface area contributed by atoms with Crippen LogP contribution in [-0.2, 0) is 14.0 Å². The lowest BCUT2D eigenvalue weighted by Crippen LogP contribution is -2.41. The third-order valence-corrected chi connectivity index (χ3v) is 4.49. The zero-order chi connectivity index (χ0) is 18.1. The van der Waals surface area contributed by atoms with Crippen LogP contribution in [0.1, 0.15) is 43.6 Å². The van der Waals surface area contributed by atoms with Crippen molar-refractivity contribution >= 4 is 19.2 Å². The summed E-state index contributed by atoms with van der Waals surface area (Å²) >= 11 is 0. The van der Waals surface area contributed by atoms with E-state index < -0.39 is 30.1 Å². The quantitative estimate of drug-likeness (QED) is 0.676. The Kier molecular flexibility index (Phi) is 5.18. The van der Waals surface area contributed by atoms with E-state index >= 15 is 0 Å². The second-order valence-corrected chi connectivity index (χ2v) is 6.70. The minimum atomic E-state index is -0.760. The van der Waals surface area contributed by atoms with E-state index in [1.54, 1.807) is 6.08 Å². The molecule has 0 saturated carbocycles. The number of aliphatic hydroxyl groups is 1. The van der Waals surface area contributed by atoms with Crippen molar-refractivity contribution in [2.24, 2.45) is 0 Å². The van der Waals surface area contributed by atoms with E-state index in [0.717, 1.165) is 0 Å². The molecule has 0 unspecified atom stereocenters. The molecule has 1 N–H and O–H groups in total. The van der Waals surface area contributed by atoms with Gasteiger partial charge in [-0.1, -0.05) is 12.1 Å². The summed E-state index contributed by atoms with van der Waals surface area (Å²) in [7, 11) is 0.472. The van der Waals surface area contributed by atoms with E-state index in [1.165, 1.54) is 25.3 Å². The van der Waals surface area contributed by atoms with Crippen LogP contribution in [-0.4, -0.2) is 43.1 Å². The van der Waals surface area contributed by atoms with Gasteiger partial charge in [0.25, 0.3) is 0 Å². The van der Waals surface area contributed by atoms with Crippen LogP contribution in [0.3, 0.4) is 0 Å². The predicted molar refractivity (Wildman–Crippen MR) is 88.9 cm³/mol. The van der Waals surface area contributed by atoms with Gasteiger partial charge in [0, 0.05) is 0 Å². The Morgan fingerprint density at radius 2 is 1.88 bits per heavy atom. The Bertz CT molecular complexity index is 653. The number of hydrogen-bond acceptors (Lipinski definition) is 5. The van der Waals surface area contributed by atoms with Crippen molar-refractivity contribution < 1.29 is 28.3 Å². The third kappa shape index (κ3) is 3.53. The Balaban J connectivity index is 2.34. The molecule has 0 aliphatic carbocycles. The second kappa shape index (κ2) is 6.66. The summed E-state index contributed by atoms with van der Waals surface area (Å²) in [5, 5.41) is 9.67. The highest BCUT2D eigenvalue weighted by atomic mass is 19.1. The number of carbonyl (C=O) groups excluding carboxylic acids is 1. The van der Waals surface area contributed by atoms with Gasteiger partial charge in [-0.2, -0.15) is 0 Å². The zero-order valence-corrected chi connectivity index (χ0v) is 14.6. The number of methoxy groups -OCH3 is 1. The maximum atomic E-state index is 13.7. The molecule has 1 saturated heterocycles. The number of ether oxygens (including phenoxy) is 1. The lowest BCUT2D eigenvalue weighted by molar-refractivity contribution is 0.00578. The van der Waals surface area contributed by atoms with Crippen molar-refractivity contribution in [1.29, 1.82) is 0 Å². The van der Waals surface area contributed by atoms with Crippen molar-refractivity contribution in [2.75, 3.05) is 13.7 Å². The highest BCUT2D eigenvalue weighted by Crippen LogP contribution is 2.38. The largest absolute Gasteiger partial charge is 0.492 e. The third-order valence-electron chi connectivity index (χ3n) is 4.49. The molecule has 7 heteroatoms. The Morgan fingerprint density at radius 1 is 1.29 bits per heavy atom. The zero-order valence-electron chi connectivity index (χ0n) is 14.6. The molecule has 0 radical (unpaired) electrons. The van der Waals surface area contributed by atoms with Crippen LogP contribution in [0.2, 0.25) is 0 Å². The van der Waals surface area contributed by atoms with E-state index in [1.807, 2.05) is 27.7 Å². The van der Waals surface area contributed by atoms with Crippen LogP contribution < -0.4 is 0 Å². The molecule has 1 aromatic rings. The first-order valence-electron chi connectivity index (χ1n) is 7.66. The summed E-state index contributed by atoms with van der Waals surface area (Å²) in [6.07, 6.45) is 1.62. The molecule has 0 bridgehead atoms. The Labute approximate surface area is 141 Å². The number of carbonyl (C=O) groups is 1. The molecule has 0 aromatic heterocycles. The molecule has 2 rings (SSSR count). The minimum Gasteiger partial charge on any atom is -0.465 e. The van der Waals surface area contributed by atoms with Crippen molar-refractivity contribution in [1.82, 2.24) is 0 Å². The summed E-state index contributed by atoms with van der Waals surface area (Å²) in [6.45, 7) is 7.36. The van der Waals surface area contributed by atoms with Crippen molar-refractivity contribution in [2.45, 2.75) is 38.9 Å². The molecule has 0 spiro atoms. The average molecular weight is 336 g/mol. The highest BCUT2D eigenvalue weighted by Gasteiger charge is 2.52. The molecule has 24 heavy (non-hydrogen) atoms. The van der Waals surface area contributed by atoms with Crippen molar-refractivity contribution in [3.63, 3.8) is 0 Å². The first-order chi connectivity index (χ1) is 11.1. The fourth-order valence-electron chi connectivity index (χ4n) is 2.30. The normalized spacial score (nSPS) is 19.5. The number of aliphatic hydroxyl groups excluding tert-OH is 1. The van der Waals surface area contributed by atoms with Crippen LogP contribution in [0.4, 0.5) is 4.39 Å². The predicted octanol–water partition coefficient (Wildman–Crippen LogP) is 2.62. The fourth-order valence-corrected chi connectivity index (χ4v) is 2.30. The Morgan fingerprint density at radius 3 is 2.38 bits per heavy atom. The topological polar surface area (TPSA) is 65.0 Å². The number of rotatable bonds is 4. The van der Waals surface area contributed by atoms with Crippen LogP contribution in [0.5, 0.6) is 0 Å². The van der Waals surface area contributed by atoms with Gasteiger partial charge in [-0.15, -0.1) is 0 Å². The smallest absolute Gasteiger partial charge is 0.465 e. The summed E-state index contributed by atoms with van der Waals surface area (Å²) in [5.74, 6) is -1.43. The van der Waals surface area contributed by atoms with Crippen molar-refractivity contribution in [3.8, 4) is 0 Å².